The first kappa shape index (κ1) is 23.3. The summed E-state index contributed by atoms with van der Waals surface area (Å²) in [5.41, 5.74) is 0. The van der Waals surface area contributed by atoms with Crippen molar-refractivity contribution in [3.05, 3.63) is 43.1 Å². The smallest absolute Gasteiger partial charge is 0.263 e. The molecule has 0 saturated carbocycles. The number of ether oxygens (including phenoxy) is 2. The summed E-state index contributed by atoms with van der Waals surface area (Å²) in [6.45, 7) is 1.69. The third-order valence-electron chi connectivity index (χ3n) is 5.56. The average molecular weight is 522 g/mol. The van der Waals surface area contributed by atoms with Crippen molar-refractivity contribution < 1.29 is 26.3 Å². The third kappa shape index (κ3) is 4.61. The molecule has 2 aliphatic rings. The van der Waals surface area contributed by atoms with Crippen LogP contribution in [0.4, 0.5) is 11.6 Å². The van der Waals surface area contributed by atoms with Crippen LogP contribution in [-0.2, 0) is 27.1 Å². The van der Waals surface area contributed by atoms with Crippen LogP contribution in [0.25, 0.3) is 0 Å². The molecule has 0 radical (unpaired) electrons. The highest BCUT2D eigenvalue weighted by Gasteiger charge is 2.32. The number of rotatable bonds is 6. The molecule has 5 rings (SSSR count). The fraction of sp³-hybridized carbons (Fsp3) is 0.350. The van der Waals surface area contributed by atoms with Gasteiger partial charge in [0.2, 0.25) is 0 Å². The van der Waals surface area contributed by atoms with Gasteiger partial charge >= 0.3 is 0 Å². The fourth-order valence-electron chi connectivity index (χ4n) is 3.81. The monoisotopic (exact) mass is 521 g/mol. The molecule has 0 aliphatic carbocycles. The second kappa shape index (κ2) is 8.98. The Kier molecular flexibility index (Phi) is 5.98. The minimum atomic E-state index is -4.01. The summed E-state index contributed by atoms with van der Waals surface area (Å²) in [4.78, 5) is 14.2. The summed E-state index contributed by atoms with van der Waals surface area (Å²) >= 11 is 0. The van der Waals surface area contributed by atoms with E-state index in [1.165, 1.54) is 41.4 Å². The van der Waals surface area contributed by atoms with Gasteiger partial charge in [-0.2, -0.15) is 4.31 Å². The zero-order valence-electron chi connectivity index (χ0n) is 18.7. The number of benzene rings is 1. The normalized spacial score (nSPS) is 16.8. The molecule has 13 nitrogen and oxygen atoms in total. The quantitative estimate of drug-likeness (QED) is 0.480. The molecule has 15 heteroatoms. The molecule has 1 fully saturated rings. The van der Waals surface area contributed by atoms with E-state index < -0.39 is 20.0 Å². The number of imidazole rings is 1. The van der Waals surface area contributed by atoms with Crippen molar-refractivity contribution in [3.8, 4) is 11.5 Å². The lowest BCUT2D eigenvalue weighted by atomic mass is 10.3. The number of hydrogen-bond acceptors (Lipinski definition) is 10. The number of hydrogen-bond donors (Lipinski definition) is 1. The molecule has 0 atom stereocenters. The molecule has 186 valence electrons. The number of piperazine rings is 1. The number of anilines is 2. The predicted molar refractivity (Wildman–Crippen MR) is 124 cm³/mol. The lowest BCUT2D eigenvalue weighted by molar-refractivity contribution is 0.171. The van der Waals surface area contributed by atoms with Crippen LogP contribution in [0.15, 0.2) is 53.0 Å². The zero-order valence-corrected chi connectivity index (χ0v) is 20.4. The Labute approximate surface area is 202 Å². The Bertz CT molecular complexity index is 1450. The molecule has 0 unspecified atom stereocenters. The highest BCUT2D eigenvalue weighted by Crippen LogP contribution is 2.33. The number of nitrogens with one attached hydrogen (secondary N) is 1. The molecule has 1 saturated heterocycles. The molecule has 0 spiro atoms. The van der Waals surface area contributed by atoms with E-state index in [0.29, 0.717) is 43.6 Å². The summed E-state index contributed by atoms with van der Waals surface area (Å²) in [5.74, 6) is 1.18. The Hall–Kier alpha value is -3.43. The first-order chi connectivity index (χ1) is 16.7. The van der Waals surface area contributed by atoms with Crippen molar-refractivity contribution in [2.24, 2.45) is 7.05 Å². The second-order valence-corrected chi connectivity index (χ2v) is 11.5. The molecule has 0 amide bonds. The van der Waals surface area contributed by atoms with E-state index in [1.807, 2.05) is 0 Å². The maximum atomic E-state index is 13.1. The molecule has 2 aliphatic heterocycles. The minimum absolute atomic E-state index is 0.00960. The number of aromatic nitrogens is 4. The molecule has 35 heavy (non-hydrogen) atoms. The van der Waals surface area contributed by atoms with E-state index in [4.69, 9.17) is 9.47 Å². The van der Waals surface area contributed by atoms with Gasteiger partial charge in [0, 0.05) is 57.9 Å². The van der Waals surface area contributed by atoms with E-state index in [0.717, 1.165) is 0 Å². The van der Waals surface area contributed by atoms with E-state index in [2.05, 4.69) is 19.7 Å². The van der Waals surface area contributed by atoms with Gasteiger partial charge in [-0.25, -0.2) is 31.8 Å². The van der Waals surface area contributed by atoms with Crippen molar-refractivity contribution in [1.29, 1.82) is 0 Å². The largest absolute Gasteiger partial charge is 0.486 e. The number of nitrogens with zero attached hydrogens (tertiary/aromatic N) is 6. The van der Waals surface area contributed by atoms with Crippen molar-refractivity contribution in [3.63, 3.8) is 0 Å². The molecule has 1 N–H and O–H groups in total. The summed E-state index contributed by atoms with van der Waals surface area (Å²) in [5, 5.41) is -0.0131. The molecular formula is C20H23N7O6S2. The van der Waals surface area contributed by atoms with Crippen LogP contribution in [-0.4, -0.2) is 80.1 Å². The highest BCUT2D eigenvalue weighted by atomic mass is 32.2. The van der Waals surface area contributed by atoms with E-state index in [1.54, 1.807) is 22.6 Å². The summed E-state index contributed by atoms with van der Waals surface area (Å²) in [6.07, 6.45) is 5.72. The van der Waals surface area contributed by atoms with Crippen LogP contribution in [0, 0.1) is 0 Å². The van der Waals surface area contributed by atoms with Gasteiger partial charge in [0.25, 0.3) is 20.0 Å². The van der Waals surface area contributed by atoms with Crippen molar-refractivity contribution >= 4 is 31.7 Å². The van der Waals surface area contributed by atoms with Gasteiger partial charge in [-0.3, -0.25) is 4.72 Å². The van der Waals surface area contributed by atoms with E-state index >= 15 is 0 Å². The molecular weight excluding hydrogens is 498 g/mol. The SMILES string of the molecule is Cn1cnc(S(=O)(=O)N2CCN(c3nccnc3NS(=O)(=O)c3ccc4c(c3)OCCO4)CC2)c1. The predicted octanol–water partition coefficient (Wildman–Crippen LogP) is 0.293. The second-order valence-electron chi connectivity index (χ2n) is 7.91. The fourth-order valence-corrected chi connectivity index (χ4v) is 6.22. The molecule has 2 aromatic heterocycles. The molecule has 4 heterocycles. The van der Waals surface area contributed by atoms with Gasteiger partial charge in [0.1, 0.15) is 13.2 Å². The van der Waals surface area contributed by atoms with E-state index in [-0.39, 0.29) is 28.8 Å². The summed E-state index contributed by atoms with van der Waals surface area (Å²) < 4.78 is 68.2. The van der Waals surface area contributed by atoms with Gasteiger partial charge < -0.3 is 18.9 Å². The highest BCUT2D eigenvalue weighted by molar-refractivity contribution is 7.92. The van der Waals surface area contributed by atoms with Crippen molar-refractivity contribution in [1.82, 2.24) is 23.8 Å². The van der Waals surface area contributed by atoms with Gasteiger partial charge in [-0.1, -0.05) is 0 Å². The van der Waals surface area contributed by atoms with Gasteiger partial charge in [0.15, 0.2) is 28.2 Å². The molecule has 1 aromatic carbocycles. The summed E-state index contributed by atoms with van der Waals surface area (Å²) in [7, 11) is -6.03. The third-order valence-corrected chi connectivity index (χ3v) is 8.68. The average Bonchev–Trinajstić information content (AvgIpc) is 3.31. The Morgan fingerprint density at radius 2 is 1.63 bits per heavy atom. The van der Waals surface area contributed by atoms with Crippen LogP contribution in [0.5, 0.6) is 11.5 Å². The Morgan fingerprint density at radius 3 is 2.34 bits per heavy atom. The standard InChI is InChI=1S/C20H23N7O6S2/c1-25-13-18(23-14-25)35(30,31)27-8-6-26(7-9-27)20-19(21-4-5-22-20)24-34(28,29)15-2-3-16-17(12-15)33-11-10-32-16/h2-5,12-14H,6-11H2,1H3,(H,21,24). The zero-order chi connectivity index (χ0) is 24.6. The molecule has 3 aromatic rings. The van der Waals surface area contributed by atoms with Crippen LogP contribution in [0.2, 0.25) is 0 Å². The first-order valence-electron chi connectivity index (χ1n) is 10.7. The molecule has 0 bridgehead atoms. The Balaban J connectivity index is 1.33. The van der Waals surface area contributed by atoms with Crippen LogP contribution in [0.3, 0.4) is 0 Å². The number of sulfonamides is 2. The van der Waals surface area contributed by atoms with Crippen LogP contribution >= 0.6 is 0 Å². The minimum Gasteiger partial charge on any atom is -0.486 e. The van der Waals surface area contributed by atoms with Gasteiger partial charge in [-0.15, -0.1) is 0 Å². The lowest BCUT2D eigenvalue weighted by Crippen LogP contribution is -2.49. The topological polar surface area (TPSA) is 149 Å². The number of aryl methyl sites for hydroxylation is 1. The maximum Gasteiger partial charge on any atom is 0.263 e. The first-order valence-corrected chi connectivity index (χ1v) is 13.6. The van der Waals surface area contributed by atoms with Crippen LogP contribution in [0.1, 0.15) is 0 Å². The van der Waals surface area contributed by atoms with Crippen molar-refractivity contribution in [2.75, 3.05) is 49.0 Å². The maximum absolute atomic E-state index is 13.1. The van der Waals surface area contributed by atoms with Crippen LogP contribution < -0.4 is 19.1 Å². The van der Waals surface area contributed by atoms with Gasteiger partial charge in [0.05, 0.1) is 11.2 Å². The lowest BCUT2D eigenvalue weighted by Gasteiger charge is -2.34. The van der Waals surface area contributed by atoms with Gasteiger partial charge in [-0.05, 0) is 12.1 Å². The Morgan fingerprint density at radius 1 is 0.914 bits per heavy atom. The van der Waals surface area contributed by atoms with Crippen molar-refractivity contribution in [2.45, 2.75) is 9.92 Å². The summed E-state index contributed by atoms with van der Waals surface area (Å²) in [6, 6.07) is 4.36. The van der Waals surface area contributed by atoms with E-state index in [9.17, 15) is 16.8 Å². The number of fused-ring (bicyclic) bond motifs is 1.